The van der Waals surface area contributed by atoms with Gasteiger partial charge in [0.15, 0.2) is 10.7 Å². The summed E-state index contributed by atoms with van der Waals surface area (Å²) < 4.78 is 39.0. The van der Waals surface area contributed by atoms with Gasteiger partial charge < -0.3 is 0 Å². The van der Waals surface area contributed by atoms with Gasteiger partial charge in [-0.05, 0) is 30.3 Å². The highest BCUT2D eigenvalue weighted by molar-refractivity contribution is 7.20. The molecule has 2 aromatic carbocycles. The number of aromatic nitrogens is 1. The number of fused-ring (bicyclic) bond motifs is 1. The van der Waals surface area contributed by atoms with E-state index in [-0.39, 0.29) is 11.4 Å². The summed E-state index contributed by atoms with van der Waals surface area (Å²) in [5.74, 6) is 0. The van der Waals surface area contributed by atoms with E-state index in [9.17, 15) is 18.4 Å². The lowest BCUT2D eigenvalue weighted by atomic mass is 10.2. The summed E-state index contributed by atoms with van der Waals surface area (Å²) in [7, 11) is 0. The van der Waals surface area contributed by atoms with Crippen molar-refractivity contribution in [2.75, 3.05) is 5.43 Å². The third kappa shape index (κ3) is 3.36. The molecule has 0 spiro atoms. The Bertz CT molecular complexity index is 921. The number of nitriles is 1. The molecule has 0 saturated heterocycles. The number of nitrogens with zero attached hydrogens (tertiary/aromatic N) is 3. The molecule has 4 nitrogen and oxygen atoms in total. The van der Waals surface area contributed by atoms with E-state index in [0.29, 0.717) is 5.01 Å². The van der Waals surface area contributed by atoms with Gasteiger partial charge in [0.1, 0.15) is 6.07 Å². The zero-order valence-electron chi connectivity index (χ0n) is 12.0. The number of anilines is 1. The normalized spacial score (nSPS) is 12.2. The van der Waals surface area contributed by atoms with E-state index in [0.717, 1.165) is 22.3 Å². The molecular weight excluding hydrogens is 337 g/mol. The molecule has 0 bridgehead atoms. The van der Waals surface area contributed by atoms with Crippen molar-refractivity contribution in [2.24, 2.45) is 5.10 Å². The molecule has 0 unspecified atom stereocenters. The minimum absolute atomic E-state index is 0.00797. The van der Waals surface area contributed by atoms with E-state index >= 15 is 0 Å². The van der Waals surface area contributed by atoms with Crippen LogP contribution in [0.1, 0.15) is 10.6 Å². The van der Waals surface area contributed by atoms with E-state index in [1.54, 1.807) is 0 Å². The average molecular weight is 346 g/mol. The smallest absolute Gasteiger partial charge is 0.277 e. The Balaban J connectivity index is 1.88. The van der Waals surface area contributed by atoms with Crippen LogP contribution in [-0.4, -0.2) is 10.7 Å². The summed E-state index contributed by atoms with van der Waals surface area (Å²) in [6, 6.07) is 13.9. The van der Waals surface area contributed by atoms with Crippen molar-refractivity contribution in [1.82, 2.24) is 4.98 Å². The standard InChI is InChI=1S/C16H9F3N4S/c17-16(18,19)10-4-3-5-11(8-10)22-23-13(9-20)15-21-12-6-1-2-7-14(12)24-15/h1-8,22H/b23-13-. The Morgan fingerprint density at radius 3 is 2.67 bits per heavy atom. The van der Waals surface area contributed by atoms with Crippen molar-refractivity contribution in [3.05, 3.63) is 59.1 Å². The maximum Gasteiger partial charge on any atom is 0.416 e. The summed E-state index contributed by atoms with van der Waals surface area (Å²) in [6.45, 7) is 0. The molecule has 1 heterocycles. The molecule has 0 aliphatic heterocycles. The van der Waals surface area contributed by atoms with Gasteiger partial charge in [0.05, 0.1) is 21.5 Å². The third-order valence-corrected chi connectivity index (χ3v) is 4.13. The van der Waals surface area contributed by atoms with E-state index in [2.05, 4.69) is 15.5 Å². The largest absolute Gasteiger partial charge is 0.416 e. The van der Waals surface area contributed by atoms with Crippen LogP contribution in [0.15, 0.2) is 53.6 Å². The monoisotopic (exact) mass is 346 g/mol. The highest BCUT2D eigenvalue weighted by Crippen LogP contribution is 2.30. The molecule has 0 fully saturated rings. The van der Waals surface area contributed by atoms with Crippen molar-refractivity contribution < 1.29 is 13.2 Å². The summed E-state index contributed by atoms with van der Waals surface area (Å²) in [5, 5.41) is 13.5. The van der Waals surface area contributed by atoms with Gasteiger partial charge in [0.2, 0.25) is 0 Å². The second kappa shape index (κ2) is 6.29. The molecule has 1 aromatic heterocycles. The molecule has 8 heteroatoms. The number of rotatable bonds is 3. The quantitative estimate of drug-likeness (QED) is 0.554. The fourth-order valence-corrected chi connectivity index (χ4v) is 2.88. The number of para-hydroxylation sites is 1. The van der Waals surface area contributed by atoms with Crippen molar-refractivity contribution >= 4 is 33.0 Å². The SMILES string of the molecule is N#C/C(=N/Nc1cccc(C(F)(F)F)c1)c1nc2ccccc2s1. The van der Waals surface area contributed by atoms with Gasteiger partial charge >= 0.3 is 6.18 Å². The predicted molar refractivity (Wildman–Crippen MR) is 86.8 cm³/mol. The molecule has 0 saturated carbocycles. The summed E-state index contributed by atoms with van der Waals surface area (Å²) in [5.41, 5.74) is 2.57. The van der Waals surface area contributed by atoms with Crippen LogP contribution < -0.4 is 5.43 Å². The lowest BCUT2D eigenvalue weighted by molar-refractivity contribution is -0.137. The maximum absolute atomic E-state index is 12.7. The summed E-state index contributed by atoms with van der Waals surface area (Å²) in [6.07, 6.45) is -4.44. The number of nitrogens with one attached hydrogen (secondary N) is 1. The topological polar surface area (TPSA) is 61.1 Å². The second-order valence-electron chi connectivity index (χ2n) is 4.75. The molecule has 3 rings (SSSR count). The Kier molecular flexibility index (Phi) is 4.18. The first-order valence-electron chi connectivity index (χ1n) is 6.74. The number of benzene rings is 2. The fourth-order valence-electron chi connectivity index (χ4n) is 1.98. The third-order valence-electron chi connectivity index (χ3n) is 3.09. The van der Waals surface area contributed by atoms with Gasteiger partial charge in [-0.2, -0.15) is 23.5 Å². The number of halogens is 3. The minimum Gasteiger partial charge on any atom is -0.277 e. The molecule has 1 N–H and O–H groups in total. The van der Waals surface area contributed by atoms with Gasteiger partial charge in [0, 0.05) is 0 Å². The van der Waals surface area contributed by atoms with E-state index in [1.165, 1.54) is 23.5 Å². The highest BCUT2D eigenvalue weighted by Gasteiger charge is 2.30. The highest BCUT2D eigenvalue weighted by atomic mass is 32.1. The van der Waals surface area contributed by atoms with Crippen LogP contribution in [0.25, 0.3) is 10.2 Å². The molecule has 0 amide bonds. The molecule has 0 aliphatic carbocycles. The van der Waals surface area contributed by atoms with Crippen LogP contribution in [0.4, 0.5) is 18.9 Å². The van der Waals surface area contributed by atoms with E-state index in [1.807, 2.05) is 30.3 Å². The molecular formula is C16H9F3N4S. The van der Waals surface area contributed by atoms with Crippen LogP contribution >= 0.6 is 11.3 Å². The number of hydrogen-bond acceptors (Lipinski definition) is 5. The Morgan fingerprint density at radius 1 is 1.17 bits per heavy atom. The van der Waals surface area contributed by atoms with Gasteiger partial charge in [-0.15, -0.1) is 11.3 Å². The first-order chi connectivity index (χ1) is 11.5. The van der Waals surface area contributed by atoms with Crippen LogP contribution in [0, 0.1) is 11.3 Å². The van der Waals surface area contributed by atoms with Crippen molar-refractivity contribution in [1.29, 1.82) is 5.26 Å². The molecule has 3 aromatic rings. The van der Waals surface area contributed by atoms with Crippen molar-refractivity contribution in [3.8, 4) is 6.07 Å². The summed E-state index contributed by atoms with van der Waals surface area (Å²) >= 11 is 1.29. The molecule has 0 radical (unpaired) electrons. The first-order valence-corrected chi connectivity index (χ1v) is 7.56. The number of hydrogen-bond donors (Lipinski definition) is 1. The molecule has 0 atom stereocenters. The molecule has 120 valence electrons. The molecule has 0 aliphatic rings. The van der Waals surface area contributed by atoms with Gasteiger partial charge in [-0.1, -0.05) is 18.2 Å². The average Bonchev–Trinajstić information content (AvgIpc) is 2.99. The van der Waals surface area contributed by atoms with Crippen LogP contribution in [-0.2, 0) is 6.18 Å². The van der Waals surface area contributed by atoms with Gasteiger partial charge in [-0.25, -0.2) is 4.98 Å². The van der Waals surface area contributed by atoms with E-state index in [4.69, 9.17) is 0 Å². The lowest BCUT2D eigenvalue weighted by Crippen LogP contribution is -2.06. The van der Waals surface area contributed by atoms with Crippen molar-refractivity contribution in [2.45, 2.75) is 6.18 Å². The summed E-state index contributed by atoms with van der Waals surface area (Å²) in [4.78, 5) is 4.30. The second-order valence-corrected chi connectivity index (χ2v) is 5.78. The van der Waals surface area contributed by atoms with E-state index < -0.39 is 11.7 Å². The maximum atomic E-state index is 12.7. The number of alkyl halides is 3. The van der Waals surface area contributed by atoms with Gasteiger partial charge in [-0.3, -0.25) is 5.43 Å². The molecule has 24 heavy (non-hydrogen) atoms. The van der Waals surface area contributed by atoms with Gasteiger partial charge in [0.25, 0.3) is 0 Å². The number of thiazole rings is 1. The predicted octanol–water partition coefficient (Wildman–Crippen LogP) is 4.65. The Morgan fingerprint density at radius 2 is 1.96 bits per heavy atom. The van der Waals surface area contributed by atoms with Crippen molar-refractivity contribution in [3.63, 3.8) is 0 Å². The minimum atomic E-state index is -4.44. The van der Waals surface area contributed by atoms with Crippen LogP contribution in [0.2, 0.25) is 0 Å². The first kappa shape index (κ1) is 16.0. The Labute approximate surface area is 138 Å². The number of hydrazone groups is 1. The fraction of sp³-hybridized carbons (Fsp3) is 0.0625. The zero-order valence-corrected chi connectivity index (χ0v) is 12.8. The lowest BCUT2D eigenvalue weighted by Gasteiger charge is -2.08. The van der Waals surface area contributed by atoms with Crippen LogP contribution in [0.3, 0.4) is 0 Å². The Hall–Kier alpha value is -2.92. The zero-order chi connectivity index (χ0) is 17.2. The van der Waals surface area contributed by atoms with Crippen LogP contribution in [0.5, 0.6) is 0 Å².